The number of piperazine rings is 1. The molecular formula is C14H27N3O3. The molecule has 1 heterocycles. The van der Waals surface area contributed by atoms with Crippen molar-refractivity contribution in [1.29, 1.82) is 0 Å². The summed E-state index contributed by atoms with van der Waals surface area (Å²) in [6.45, 7) is 11.4. The molecule has 0 aromatic heterocycles. The molecule has 1 saturated heterocycles. The number of carboxylic acid groups (broad SMARTS) is 1. The van der Waals surface area contributed by atoms with Crippen LogP contribution in [-0.2, 0) is 4.79 Å². The zero-order chi connectivity index (χ0) is 15.3. The lowest BCUT2D eigenvalue weighted by Gasteiger charge is -2.39. The van der Waals surface area contributed by atoms with Crippen molar-refractivity contribution in [3.8, 4) is 0 Å². The number of aliphatic carboxylic acids is 1. The summed E-state index contributed by atoms with van der Waals surface area (Å²) < 4.78 is 0. The minimum atomic E-state index is -0.857. The Kier molecular flexibility index (Phi) is 6.26. The number of hydrogen-bond acceptors (Lipinski definition) is 3. The van der Waals surface area contributed by atoms with E-state index in [1.807, 2.05) is 13.8 Å². The van der Waals surface area contributed by atoms with Crippen molar-refractivity contribution >= 4 is 12.0 Å². The summed E-state index contributed by atoms with van der Waals surface area (Å²) in [5.41, 5.74) is 0. The van der Waals surface area contributed by atoms with Gasteiger partial charge in [0.1, 0.15) is 0 Å². The molecule has 1 aliphatic heterocycles. The van der Waals surface area contributed by atoms with Crippen LogP contribution in [0, 0.1) is 11.8 Å². The zero-order valence-electron chi connectivity index (χ0n) is 12.9. The van der Waals surface area contributed by atoms with Crippen molar-refractivity contribution in [2.45, 2.75) is 33.7 Å². The summed E-state index contributed by atoms with van der Waals surface area (Å²) in [7, 11) is 0. The van der Waals surface area contributed by atoms with Crippen LogP contribution in [0.1, 0.15) is 27.7 Å². The Morgan fingerprint density at radius 2 is 2.00 bits per heavy atom. The van der Waals surface area contributed by atoms with E-state index in [2.05, 4.69) is 24.1 Å². The number of carboxylic acids is 1. The molecule has 1 rings (SSSR count). The molecule has 2 atom stereocenters. The van der Waals surface area contributed by atoms with Crippen molar-refractivity contribution < 1.29 is 14.7 Å². The highest BCUT2D eigenvalue weighted by Crippen LogP contribution is 2.11. The SMILES string of the molecule is CCN1CCN(C(=O)NCC(C(=O)O)C(C)C)CC1C. The van der Waals surface area contributed by atoms with Crippen molar-refractivity contribution in [3.05, 3.63) is 0 Å². The maximum Gasteiger partial charge on any atom is 0.317 e. The monoisotopic (exact) mass is 285 g/mol. The Labute approximate surface area is 121 Å². The van der Waals surface area contributed by atoms with Crippen LogP contribution in [0.3, 0.4) is 0 Å². The predicted octanol–water partition coefficient (Wildman–Crippen LogP) is 1.08. The number of hydrogen-bond donors (Lipinski definition) is 2. The molecule has 1 aliphatic rings. The summed E-state index contributed by atoms with van der Waals surface area (Å²) in [5, 5.41) is 11.9. The standard InChI is InChI=1S/C14H27N3O3/c1-5-16-6-7-17(9-11(16)4)14(20)15-8-12(10(2)3)13(18)19/h10-12H,5-9H2,1-4H3,(H,15,20)(H,18,19). The van der Waals surface area contributed by atoms with E-state index in [9.17, 15) is 9.59 Å². The van der Waals surface area contributed by atoms with Gasteiger partial charge in [-0.05, 0) is 19.4 Å². The fourth-order valence-corrected chi connectivity index (χ4v) is 2.57. The number of urea groups is 1. The van der Waals surface area contributed by atoms with Crippen LogP contribution in [-0.4, -0.2) is 65.7 Å². The molecule has 0 bridgehead atoms. The summed E-state index contributed by atoms with van der Waals surface area (Å²) >= 11 is 0. The van der Waals surface area contributed by atoms with Crippen molar-refractivity contribution in [2.24, 2.45) is 11.8 Å². The van der Waals surface area contributed by atoms with Gasteiger partial charge >= 0.3 is 12.0 Å². The van der Waals surface area contributed by atoms with Crippen molar-refractivity contribution in [3.63, 3.8) is 0 Å². The van der Waals surface area contributed by atoms with Crippen LogP contribution in [0.5, 0.6) is 0 Å². The minimum absolute atomic E-state index is 0.00339. The average Bonchev–Trinajstić information content (AvgIpc) is 2.37. The van der Waals surface area contributed by atoms with E-state index in [0.29, 0.717) is 19.1 Å². The van der Waals surface area contributed by atoms with E-state index in [-0.39, 0.29) is 18.5 Å². The molecule has 0 spiro atoms. The van der Waals surface area contributed by atoms with E-state index in [0.717, 1.165) is 13.1 Å². The molecule has 0 aromatic carbocycles. The predicted molar refractivity (Wildman–Crippen MR) is 77.6 cm³/mol. The summed E-state index contributed by atoms with van der Waals surface area (Å²) in [6.07, 6.45) is 0. The van der Waals surface area contributed by atoms with Crippen LogP contribution in [0.15, 0.2) is 0 Å². The highest BCUT2D eigenvalue weighted by molar-refractivity contribution is 5.76. The van der Waals surface area contributed by atoms with Gasteiger partial charge in [-0.3, -0.25) is 9.69 Å². The van der Waals surface area contributed by atoms with Gasteiger partial charge in [0.15, 0.2) is 0 Å². The maximum absolute atomic E-state index is 12.1. The van der Waals surface area contributed by atoms with E-state index in [1.165, 1.54) is 0 Å². The van der Waals surface area contributed by atoms with Crippen LogP contribution in [0.4, 0.5) is 4.79 Å². The van der Waals surface area contributed by atoms with Gasteiger partial charge in [-0.25, -0.2) is 4.79 Å². The first-order valence-electron chi connectivity index (χ1n) is 7.36. The normalized spacial score (nSPS) is 21.9. The van der Waals surface area contributed by atoms with Crippen LogP contribution >= 0.6 is 0 Å². The van der Waals surface area contributed by atoms with Crippen LogP contribution in [0.25, 0.3) is 0 Å². The van der Waals surface area contributed by atoms with E-state index < -0.39 is 11.9 Å². The fourth-order valence-electron chi connectivity index (χ4n) is 2.57. The molecule has 2 N–H and O–H groups in total. The Balaban J connectivity index is 2.45. The van der Waals surface area contributed by atoms with Gasteiger partial charge in [-0.15, -0.1) is 0 Å². The lowest BCUT2D eigenvalue weighted by atomic mass is 9.96. The topological polar surface area (TPSA) is 72.9 Å². The molecule has 6 nitrogen and oxygen atoms in total. The molecule has 0 radical (unpaired) electrons. The largest absolute Gasteiger partial charge is 0.481 e. The highest BCUT2D eigenvalue weighted by atomic mass is 16.4. The van der Waals surface area contributed by atoms with E-state index in [1.54, 1.807) is 4.90 Å². The second kappa shape index (κ2) is 7.47. The van der Waals surface area contributed by atoms with Gasteiger partial charge in [-0.1, -0.05) is 20.8 Å². The Morgan fingerprint density at radius 1 is 1.35 bits per heavy atom. The molecule has 0 aromatic rings. The second-order valence-corrected chi connectivity index (χ2v) is 5.80. The van der Waals surface area contributed by atoms with Crippen molar-refractivity contribution in [2.75, 3.05) is 32.7 Å². The molecule has 1 fully saturated rings. The smallest absolute Gasteiger partial charge is 0.317 e. The first-order chi connectivity index (χ1) is 9.36. The van der Waals surface area contributed by atoms with Gasteiger partial charge < -0.3 is 15.3 Å². The van der Waals surface area contributed by atoms with Crippen LogP contribution < -0.4 is 5.32 Å². The van der Waals surface area contributed by atoms with Gasteiger partial charge in [0.2, 0.25) is 0 Å². The fraction of sp³-hybridized carbons (Fsp3) is 0.857. The van der Waals surface area contributed by atoms with E-state index >= 15 is 0 Å². The van der Waals surface area contributed by atoms with Gasteiger partial charge in [0.25, 0.3) is 0 Å². The lowest BCUT2D eigenvalue weighted by molar-refractivity contribution is -0.142. The highest BCUT2D eigenvalue weighted by Gasteiger charge is 2.27. The number of nitrogens with one attached hydrogen (secondary N) is 1. The second-order valence-electron chi connectivity index (χ2n) is 5.80. The third kappa shape index (κ3) is 4.37. The molecule has 0 aliphatic carbocycles. The van der Waals surface area contributed by atoms with Crippen molar-refractivity contribution in [1.82, 2.24) is 15.1 Å². The molecule has 20 heavy (non-hydrogen) atoms. The first-order valence-corrected chi connectivity index (χ1v) is 7.36. The minimum Gasteiger partial charge on any atom is -0.481 e. The quantitative estimate of drug-likeness (QED) is 0.793. The molecule has 2 unspecified atom stereocenters. The molecule has 2 amide bonds. The van der Waals surface area contributed by atoms with Crippen LogP contribution in [0.2, 0.25) is 0 Å². The zero-order valence-corrected chi connectivity index (χ0v) is 12.9. The molecule has 0 saturated carbocycles. The number of nitrogens with zero attached hydrogens (tertiary/aromatic N) is 2. The number of rotatable bonds is 5. The molecule has 116 valence electrons. The Hall–Kier alpha value is -1.30. The number of likely N-dealkylation sites (N-methyl/N-ethyl adjacent to an activating group) is 1. The first kappa shape index (κ1) is 16.8. The number of amides is 2. The Bertz CT molecular complexity index is 347. The van der Waals surface area contributed by atoms with E-state index in [4.69, 9.17) is 5.11 Å². The van der Waals surface area contributed by atoms with Gasteiger partial charge in [0.05, 0.1) is 5.92 Å². The summed E-state index contributed by atoms with van der Waals surface area (Å²) in [6, 6.07) is 0.194. The number of carbonyl (C=O) groups excluding carboxylic acids is 1. The Morgan fingerprint density at radius 3 is 2.45 bits per heavy atom. The maximum atomic E-state index is 12.1. The lowest BCUT2D eigenvalue weighted by Crippen LogP contribution is -2.56. The summed E-state index contributed by atoms with van der Waals surface area (Å²) in [4.78, 5) is 27.3. The number of carbonyl (C=O) groups is 2. The third-order valence-corrected chi connectivity index (χ3v) is 4.05. The van der Waals surface area contributed by atoms with Gasteiger partial charge in [0, 0.05) is 32.2 Å². The molecule has 6 heteroatoms. The average molecular weight is 285 g/mol. The van der Waals surface area contributed by atoms with Gasteiger partial charge in [-0.2, -0.15) is 0 Å². The third-order valence-electron chi connectivity index (χ3n) is 4.05. The summed E-state index contributed by atoms with van der Waals surface area (Å²) in [5.74, 6) is -1.39. The molecular weight excluding hydrogens is 258 g/mol.